The van der Waals surface area contributed by atoms with Crippen LogP contribution in [0.3, 0.4) is 0 Å². The lowest BCUT2D eigenvalue weighted by molar-refractivity contribution is 0.520. The summed E-state index contributed by atoms with van der Waals surface area (Å²) in [6.07, 6.45) is 7.06. The second-order valence-electron chi connectivity index (χ2n) is 4.60. The van der Waals surface area contributed by atoms with Crippen LogP contribution in [0, 0.1) is 0 Å². The molecule has 1 aromatic rings. The quantitative estimate of drug-likeness (QED) is 0.780. The van der Waals surface area contributed by atoms with Gasteiger partial charge < -0.3 is 5.73 Å². The number of nitrogens with two attached hydrogens (primary N) is 1. The number of rotatable bonds is 2. The van der Waals surface area contributed by atoms with Gasteiger partial charge in [-0.15, -0.1) is 0 Å². The Labute approximate surface area is 92.0 Å². The molecule has 1 fully saturated rings. The highest BCUT2D eigenvalue weighted by Gasteiger charge is 2.30. The lowest BCUT2D eigenvalue weighted by Crippen LogP contribution is -2.37. The first-order valence-electron chi connectivity index (χ1n) is 5.73. The van der Waals surface area contributed by atoms with E-state index in [0.29, 0.717) is 0 Å². The van der Waals surface area contributed by atoms with E-state index >= 15 is 0 Å². The molecule has 80 valence electrons. The predicted octanol–water partition coefficient (Wildman–Crippen LogP) is 3.36. The number of benzene rings is 1. The number of hydrogen-bond donors (Lipinski definition) is 1. The van der Waals surface area contributed by atoms with Crippen molar-refractivity contribution in [3.05, 3.63) is 41.5 Å². The minimum atomic E-state index is -0.0319. The van der Waals surface area contributed by atoms with Gasteiger partial charge >= 0.3 is 0 Å². The first kappa shape index (κ1) is 10.4. The van der Waals surface area contributed by atoms with Crippen molar-refractivity contribution in [2.45, 2.75) is 38.1 Å². The molecule has 0 aromatic heterocycles. The number of hydrogen-bond acceptors (Lipinski definition) is 1. The smallest absolute Gasteiger partial charge is 0.0369 e. The van der Waals surface area contributed by atoms with Gasteiger partial charge in [-0.2, -0.15) is 0 Å². The van der Waals surface area contributed by atoms with Gasteiger partial charge in [-0.25, -0.2) is 0 Å². The highest BCUT2D eigenvalue weighted by atomic mass is 14.8. The summed E-state index contributed by atoms with van der Waals surface area (Å²) >= 11 is 0. The average Bonchev–Trinajstić information content (AvgIpc) is 2.68. The topological polar surface area (TPSA) is 26.0 Å². The summed E-state index contributed by atoms with van der Waals surface area (Å²) in [5.41, 5.74) is 8.93. The fraction of sp³-hybridized carbons (Fsp3) is 0.429. The van der Waals surface area contributed by atoms with E-state index in [-0.39, 0.29) is 5.54 Å². The predicted molar refractivity (Wildman–Crippen MR) is 65.5 cm³/mol. The van der Waals surface area contributed by atoms with Gasteiger partial charge in [0.25, 0.3) is 0 Å². The molecule has 0 unspecified atom stereocenters. The van der Waals surface area contributed by atoms with Crippen LogP contribution >= 0.6 is 0 Å². The summed E-state index contributed by atoms with van der Waals surface area (Å²) in [6, 6.07) is 10.4. The van der Waals surface area contributed by atoms with Crippen LogP contribution in [0.5, 0.6) is 0 Å². The Bertz CT molecular complexity index is 345. The molecule has 0 saturated heterocycles. The molecule has 1 heteroatoms. The van der Waals surface area contributed by atoms with Crippen molar-refractivity contribution in [2.75, 3.05) is 0 Å². The van der Waals surface area contributed by atoms with E-state index in [2.05, 4.69) is 37.3 Å². The van der Waals surface area contributed by atoms with E-state index in [4.69, 9.17) is 5.73 Å². The van der Waals surface area contributed by atoms with Crippen molar-refractivity contribution in [3.63, 3.8) is 0 Å². The van der Waals surface area contributed by atoms with Crippen molar-refractivity contribution >= 4 is 6.08 Å². The Morgan fingerprint density at radius 3 is 2.40 bits per heavy atom. The van der Waals surface area contributed by atoms with E-state index in [1.54, 1.807) is 0 Å². The third-order valence-electron chi connectivity index (χ3n) is 3.46. The van der Waals surface area contributed by atoms with E-state index in [0.717, 1.165) is 12.8 Å². The fourth-order valence-corrected chi connectivity index (χ4v) is 2.34. The molecule has 0 amide bonds. The Morgan fingerprint density at radius 1 is 1.20 bits per heavy atom. The average molecular weight is 201 g/mol. The van der Waals surface area contributed by atoms with Gasteiger partial charge in [0.1, 0.15) is 0 Å². The van der Waals surface area contributed by atoms with Crippen LogP contribution in [-0.4, -0.2) is 5.54 Å². The van der Waals surface area contributed by atoms with Gasteiger partial charge in [0.2, 0.25) is 0 Å². The molecule has 0 bridgehead atoms. The van der Waals surface area contributed by atoms with Crippen LogP contribution in [0.2, 0.25) is 0 Å². The molecule has 0 radical (unpaired) electrons. The minimum absolute atomic E-state index is 0.0319. The van der Waals surface area contributed by atoms with Crippen LogP contribution in [0.4, 0.5) is 0 Å². The Morgan fingerprint density at radius 2 is 1.80 bits per heavy atom. The van der Waals surface area contributed by atoms with Gasteiger partial charge in [0.15, 0.2) is 0 Å². The third kappa shape index (κ3) is 2.29. The van der Waals surface area contributed by atoms with Crippen molar-refractivity contribution < 1.29 is 0 Å². The molecule has 0 atom stereocenters. The monoisotopic (exact) mass is 201 g/mol. The summed E-state index contributed by atoms with van der Waals surface area (Å²) in [6.45, 7) is 2.16. The lowest BCUT2D eigenvalue weighted by atomic mass is 9.89. The van der Waals surface area contributed by atoms with Crippen LogP contribution in [0.15, 0.2) is 35.9 Å². The maximum Gasteiger partial charge on any atom is 0.0369 e. The van der Waals surface area contributed by atoms with E-state index in [1.807, 2.05) is 6.07 Å². The Kier molecular flexibility index (Phi) is 2.92. The molecular formula is C14H19N. The molecule has 15 heavy (non-hydrogen) atoms. The molecule has 1 aliphatic rings. The van der Waals surface area contributed by atoms with Gasteiger partial charge in [-0.3, -0.25) is 0 Å². The second-order valence-corrected chi connectivity index (χ2v) is 4.60. The van der Waals surface area contributed by atoms with Crippen LogP contribution in [0.25, 0.3) is 6.08 Å². The normalized spacial score (nSPS) is 20.5. The zero-order chi connectivity index (χ0) is 10.7. The molecule has 0 spiro atoms. The molecule has 0 aliphatic heterocycles. The van der Waals surface area contributed by atoms with Crippen molar-refractivity contribution in [3.8, 4) is 0 Å². The minimum Gasteiger partial charge on any atom is -0.322 e. The Balaban J connectivity index is 2.20. The summed E-state index contributed by atoms with van der Waals surface area (Å²) in [5.74, 6) is 0. The maximum atomic E-state index is 6.38. The zero-order valence-electron chi connectivity index (χ0n) is 9.37. The first-order valence-corrected chi connectivity index (χ1v) is 5.73. The molecule has 1 aromatic carbocycles. The summed E-state index contributed by atoms with van der Waals surface area (Å²) < 4.78 is 0. The molecule has 1 aliphatic carbocycles. The first-order chi connectivity index (χ1) is 7.21. The SMILES string of the molecule is C/C(=C/c1ccccc1)C1(N)CCCC1. The Hall–Kier alpha value is -1.08. The van der Waals surface area contributed by atoms with Crippen LogP contribution in [0.1, 0.15) is 38.2 Å². The van der Waals surface area contributed by atoms with Crippen LogP contribution < -0.4 is 5.73 Å². The molecule has 2 rings (SSSR count). The van der Waals surface area contributed by atoms with E-state index in [9.17, 15) is 0 Å². The zero-order valence-corrected chi connectivity index (χ0v) is 9.37. The van der Waals surface area contributed by atoms with Gasteiger partial charge in [0.05, 0.1) is 0 Å². The molecular weight excluding hydrogens is 182 g/mol. The van der Waals surface area contributed by atoms with Crippen molar-refractivity contribution in [1.29, 1.82) is 0 Å². The van der Waals surface area contributed by atoms with Crippen molar-refractivity contribution in [2.24, 2.45) is 5.73 Å². The lowest BCUT2D eigenvalue weighted by Gasteiger charge is -2.24. The van der Waals surface area contributed by atoms with Gasteiger partial charge in [-0.05, 0) is 25.3 Å². The largest absolute Gasteiger partial charge is 0.322 e. The highest BCUT2D eigenvalue weighted by Crippen LogP contribution is 2.33. The molecule has 0 heterocycles. The molecule has 1 saturated carbocycles. The summed E-state index contributed by atoms with van der Waals surface area (Å²) in [5, 5.41) is 0. The standard InChI is InChI=1S/C14H19N/c1-12(14(15)9-5-6-10-14)11-13-7-3-2-4-8-13/h2-4,7-8,11H,5-6,9-10,15H2,1H3/b12-11-. The van der Waals surface area contributed by atoms with Crippen LogP contribution in [-0.2, 0) is 0 Å². The van der Waals surface area contributed by atoms with E-state index < -0.39 is 0 Å². The maximum absolute atomic E-state index is 6.38. The summed E-state index contributed by atoms with van der Waals surface area (Å²) in [4.78, 5) is 0. The second kappa shape index (κ2) is 4.19. The van der Waals surface area contributed by atoms with Gasteiger partial charge in [-0.1, -0.05) is 54.8 Å². The third-order valence-corrected chi connectivity index (χ3v) is 3.46. The fourth-order valence-electron chi connectivity index (χ4n) is 2.34. The molecule has 2 N–H and O–H groups in total. The molecule has 1 nitrogen and oxygen atoms in total. The van der Waals surface area contributed by atoms with E-state index in [1.165, 1.54) is 24.0 Å². The highest BCUT2D eigenvalue weighted by molar-refractivity contribution is 5.54. The van der Waals surface area contributed by atoms with Crippen molar-refractivity contribution in [1.82, 2.24) is 0 Å². The summed E-state index contributed by atoms with van der Waals surface area (Å²) in [7, 11) is 0. The van der Waals surface area contributed by atoms with Gasteiger partial charge in [0, 0.05) is 5.54 Å².